The molecule has 7 heteroatoms. The summed E-state index contributed by atoms with van der Waals surface area (Å²) < 4.78 is 26.9. The molecule has 0 bridgehead atoms. The lowest BCUT2D eigenvalue weighted by atomic mass is 10.0. The van der Waals surface area contributed by atoms with Crippen molar-refractivity contribution in [3.8, 4) is 0 Å². The van der Waals surface area contributed by atoms with Crippen LogP contribution in [0.1, 0.15) is 11.3 Å². The Morgan fingerprint density at radius 1 is 1.17 bits per heavy atom. The first-order valence-corrected chi connectivity index (χ1v) is 8.94. The number of alkyl halides is 1. The van der Waals surface area contributed by atoms with Gasteiger partial charge < -0.3 is 10.00 Å². The molecule has 0 saturated heterocycles. The second-order valence-electron chi connectivity index (χ2n) is 5.24. The number of hydrogen-bond donors (Lipinski definition) is 2. The number of carbonyl (C=O) groups is 1. The Morgan fingerprint density at radius 3 is 2.39 bits per heavy atom. The van der Waals surface area contributed by atoms with Gasteiger partial charge in [-0.1, -0.05) is 36.4 Å². The zero-order valence-electron chi connectivity index (χ0n) is 12.2. The average molecular weight is 337 g/mol. The zero-order valence-corrected chi connectivity index (χ0v) is 13.1. The summed E-state index contributed by atoms with van der Waals surface area (Å²) in [5.41, 5.74) is 0.852. The maximum Gasteiger partial charge on any atom is 0.310 e. The number of carboxylic acids is 1. The predicted molar refractivity (Wildman–Crippen MR) is 83.9 cm³/mol. The molecule has 3 atom stereocenters. The number of aliphatic carboxylic acids is 1. The molecule has 0 spiro atoms. The monoisotopic (exact) mass is 337 g/mol. The number of pyridine rings is 1. The summed E-state index contributed by atoms with van der Waals surface area (Å²) in [6.45, 7) is 0. The van der Waals surface area contributed by atoms with Crippen LogP contribution in [0.3, 0.4) is 0 Å². The smallest absolute Gasteiger partial charge is 0.310 e. The van der Waals surface area contributed by atoms with E-state index in [0.717, 1.165) is 0 Å². The van der Waals surface area contributed by atoms with Crippen molar-refractivity contribution < 1.29 is 23.7 Å². The molecular formula is C16H17FNO4P. The van der Waals surface area contributed by atoms with Crippen molar-refractivity contribution >= 4 is 13.3 Å². The first kappa shape index (κ1) is 17.3. The number of hydrogen-bond acceptors (Lipinski definition) is 3. The van der Waals surface area contributed by atoms with Crippen molar-refractivity contribution in [1.29, 1.82) is 0 Å². The molecule has 3 unspecified atom stereocenters. The van der Waals surface area contributed by atoms with E-state index in [0.29, 0.717) is 11.3 Å². The van der Waals surface area contributed by atoms with Crippen LogP contribution in [-0.4, -0.2) is 26.9 Å². The van der Waals surface area contributed by atoms with Gasteiger partial charge in [-0.25, -0.2) is 4.39 Å². The summed E-state index contributed by atoms with van der Waals surface area (Å²) in [5.74, 6) is -5.43. The molecule has 2 aromatic rings. The third-order valence-electron chi connectivity index (χ3n) is 3.44. The molecule has 0 amide bonds. The van der Waals surface area contributed by atoms with Crippen LogP contribution in [-0.2, 0) is 21.9 Å². The SMILES string of the molecule is O=C(O)C(Cc1ccccn1)C(F)P(=O)(O)Cc1ccccc1. The Kier molecular flexibility index (Phi) is 5.64. The van der Waals surface area contributed by atoms with Crippen molar-refractivity contribution in [3.63, 3.8) is 0 Å². The first-order chi connectivity index (χ1) is 10.9. The van der Waals surface area contributed by atoms with Crippen LogP contribution in [0.4, 0.5) is 4.39 Å². The van der Waals surface area contributed by atoms with E-state index in [-0.39, 0.29) is 6.42 Å². The molecule has 5 nitrogen and oxygen atoms in total. The highest BCUT2D eigenvalue weighted by molar-refractivity contribution is 7.57. The van der Waals surface area contributed by atoms with Crippen molar-refractivity contribution in [2.75, 3.05) is 0 Å². The Hall–Kier alpha value is -2.04. The highest BCUT2D eigenvalue weighted by atomic mass is 31.2. The third kappa shape index (κ3) is 4.71. The van der Waals surface area contributed by atoms with Crippen LogP contribution >= 0.6 is 7.37 Å². The Bertz CT molecular complexity index is 696. The van der Waals surface area contributed by atoms with Gasteiger partial charge in [-0.05, 0) is 17.7 Å². The lowest BCUT2D eigenvalue weighted by Crippen LogP contribution is -2.28. The fourth-order valence-corrected chi connectivity index (χ4v) is 3.96. The molecule has 0 aliphatic heterocycles. The molecule has 0 aliphatic rings. The van der Waals surface area contributed by atoms with Gasteiger partial charge in [0.2, 0.25) is 7.37 Å². The van der Waals surface area contributed by atoms with Gasteiger partial charge in [0.25, 0.3) is 0 Å². The van der Waals surface area contributed by atoms with Crippen LogP contribution in [0, 0.1) is 5.92 Å². The lowest BCUT2D eigenvalue weighted by Gasteiger charge is -2.22. The topological polar surface area (TPSA) is 87.5 Å². The second-order valence-corrected chi connectivity index (χ2v) is 7.56. The molecule has 0 radical (unpaired) electrons. The van der Waals surface area contributed by atoms with Gasteiger partial charge in [-0.2, -0.15) is 0 Å². The number of halogens is 1. The summed E-state index contributed by atoms with van der Waals surface area (Å²) in [5, 5.41) is 9.23. The van der Waals surface area contributed by atoms with Gasteiger partial charge >= 0.3 is 5.97 Å². The summed E-state index contributed by atoms with van der Waals surface area (Å²) in [6.07, 6.45) is 0.821. The highest BCUT2D eigenvalue weighted by Gasteiger charge is 2.41. The number of rotatable bonds is 7. The summed E-state index contributed by atoms with van der Waals surface area (Å²) in [7, 11) is -4.33. The molecule has 0 saturated carbocycles. The number of benzene rings is 1. The minimum atomic E-state index is -4.33. The molecule has 1 aromatic heterocycles. The maximum absolute atomic E-state index is 14.5. The minimum absolute atomic E-state index is 0.239. The standard InChI is InChI=1S/C16H17FNO4P/c17-15(23(21,22)11-12-6-2-1-3-7-12)14(16(19)20)10-13-8-4-5-9-18-13/h1-9,14-15H,10-11H2,(H,19,20)(H,21,22). The lowest BCUT2D eigenvalue weighted by molar-refractivity contribution is -0.143. The average Bonchev–Trinajstić information content (AvgIpc) is 2.53. The molecule has 0 fully saturated rings. The number of carboxylic acid groups (broad SMARTS) is 1. The van der Waals surface area contributed by atoms with E-state index < -0.39 is 31.3 Å². The van der Waals surface area contributed by atoms with Crippen LogP contribution in [0.15, 0.2) is 54.7 Å². The third-order valence-corrected chi connectivity index (χ3v) is 5.39. The van der Waals surface area contributed by atoms with Gasteiger partial charge in [0.15, 0.2) is 5.91 Å². The maximum atomic E-state index is 14.5. The van der Waals surface area contributed by atoms with E-state index in [4.69, 9.17) is 0 Å². The van der Waals surface area contributed by atoms with E-state index in [9.17, 15) is 23.7 Å². The molecule has 1 heterocycles. The normalized spacial score (nSPS) is 16.3. The zero-order chi connectivity index (χ0) is 16.9. The van der Waals surface area contributed by atoms with Gasteiger partial charge in [0.1, 0.15) is 5.92 Å². The van der Waals surface area contributed by atoms with Crippen molar-refractivity contribution in [2.24, 2.45) is 5.92 Å². The van der Waals surface area contributed by atoms with Gasteiger partial charge in [-0.15, -0.1) is 0 Å². The van der Waals surface area contributed by atoms with Crippen molar-refractivity contribution in [3.05, 3.63) is 66.0 Å². The molecule has 23 heavy (non-hydrogen) atoms. The van der Waals surface area contributed by atoms with Crippen LogP contribution in [0.2, 0.25) is 0 Å². The predicted octanol–water partition coefficient (Wildman–Crippen LogP) is 3.09. The highest BCUT2D eigenvalue weighted by Crippen LogP contribution is 2.53. The number of aromatic nitrogens is 1. The summed E-state index contributed by atoms with van der Waals surface area (Å²) in [6, 6.07) is 13.1. The van der Waals surface area contributed by atoms with E-state index in [1.165, 1.54) is 6.20 Å². The van der Waals surface area contributed by atoms with Gasteiger partial charge in [-0.3, -0.25) is 14.3 Å². The van der Waals surface area contributed by atoms with E-state index in [2.05, 4.69) is 4.98 Å². The van der Waals surface area contributed by atoms with Crippen LogP contribution in [0.25, 0.3) is 0 Å². The first-order valence-electron chi connectivity index (χ1n) is 7.02. The Balaban J connectivity index is 2.17. The molecule has 2 rings (SSSR count). The summed E-state index contributed by atoms with van der Waals surface area (Å²) in [4.78, 5) is 25.3. The quantitative estimate of drug-likeness (QED) is 0.758. The van der Waals surface area contributed by atoms with Gasteiger partial charge in [0.05, 0.1) is 6.16 Å². The van der Waals surface area contributed by atoms with E-state index >= 15 is 0 Å². The largest absolute Gasteiger partial charge is 0.481 e. The Morgan fingerprint density at radius 2 is 1.83 bits per heavy atom. The van der Waals surface area contributed by atoms with Crippen LogP contribution in [0.5, 0.6) is 0 Å². The summed E-state index contributed by atoms with van der Waals surface area (Å²) >= 11 is 0. The molecule has 1 aromatic carbocycles. The van der Waals surface area contributed by atoms with E-state index in [1.54, 1.807) is 48.5 Å². The molecule has 0 aliphatic carbocycles. The fraction of sp³-hybridized carbons (Fsp3) is 0.250. The second kappa shape index (κ2) is 7.49. The van der Waals surface area contributed by atoms with Crippen molar-refractivity contribution in [1.82, 2.24) is 4.98 Å². The van der Waals surface area contributed by atoms with Crippen LogP contribution < -0.4 is 0 Å². The molecular weight excluding hydrogens is 320 g/mol. The number of nitrogens with zero attached hydrogens (tertiary/aromatic N) is 1. The fourth-order valence-electron chi connectivity index (χ4n) is 2.26. The molecule has 122 valence electrons. The Labute approximate surface area is 133 Å². The molecule has 2 N–H and O–H groups in total. The minimum Gasteiger partial charge on any atom is -0.481 e. The van der Waals surface area contributed by atoms with Crippen molar-refractivity contribution in [2.45, 2.75) is 18.5 Å². The van der Waals surface area contributed by atoms with E-state index in [1.807, 2.05) is 0 Å². The van der Waals surface area contributed by atoms with Gasteiger partial charge in [0, 0.05) is 18.3 Å².